The highest BCUT2D eigenvalue weighted by atomic mass is 16.7. The van der Waals surface area contributed by atoms with Crippen molar-refractivity contribution in [3.05, 3.63) is 35.0 Å². The Kier molecular flexibility index (Phi) is 3.71. The van der Waals surface area contributed by atoms with Gasteiger partial charge in [-0.05, 0) is 43.9 Å². The third kappa shape index (κ3) is 2.59. The molecule has 1 atom stereocenters. The normalized spacial score (nSPS) is 23.7. The molecule has 2 aromatic rings. The zero-order chi connectivity index (χ0) is 16.0. The van der Waals surface area contributed by atoms with E-state index in [0.29, 0.717) is 12.1 Å². The van der Waals surface area contributed by atoms with Crippen LogP contribution in [0.15, 0.2) is 18.2 Å². The molecule has 1 aromatic carbocycles. The van der Waals surface area contributed by atoms with Crippen molar-refractivity contribution in [1.29, 1.82) is 0 Å². The van der Waals surface area contributed by atoms with Gasteiger partial charge in [-0.15, -0.1) is 0 Å². The molecule has 1 aromatic heterocycles. The standard InChI is InChI=1S/C19H26N2O2/c1-12-4-6-17-15(8-12)16-9-13(5-7-18(16)21-17)20-14-10-19(11-14,22-2)23-3/h4,6,8,13-14,20-21H,5,7,9-11H2,1-3H3. The van der Waals surface area contributed by atoms with Gasteiger partial charge in [-0.1, -0.05) is 11.6 Å². The lowest BCUT2D eigenvalue weighted by Crippen LogP contribution is -2.58. The van der Waals surface area contributed by atoms with Crippen molar-refractivity contribution >= 4 is 10.9 Å². The van der Waals surface area contributed by atoms with Gasteiger partial charge in [0.25, 0.3) is 0 Å². The molecule has 0 aliphatic heterocycles. The molecule has 124 valence electrons. The van der Waals surface area contributed by atoms with Crippen LogP contribution >= 0.6 is 0 Å². The largest absolute Gasteiger partial charge is 0.358 e. The van der Waals surface area contributed by atoms with Crippen LogP contribution in [0.5, 0.6) is 0 Å². The minimum atomic E-state index is -0.352. The number of ether oxygens (including phenoxy) is 2. The quantitative estimate of drug-likeness (QED) is 0.853. The first-order valence-corrected chi connectivity index (χ1v) is 8.59. The summed E-state index contributed by atoms with van der Waals surface area (Å²) in [5.41, 5.74) is 5.55. The first kappa shape index (κ1) is 15.2. The van der Waals surface area contributed by atoms with E-state index in [0.717, 1.165) is 25.7 Å². The van der Waals surface area contributed by atoms with Gasteiger partial charge in [-0.2, -0.15) is 0 Å². The van der Waals surface area contributed by atoms with Crippen LogP contribution in [0.3, 0.4) is 0 Å². The average molecular weight is 314 g/mol. The Morgan fingerprint density at radius 3 is 2.70 bits per heavy atom. The second-order valence-corrected chi connectivity index (χ2v) is 7.16. The van der Waals surface area contributed by atoms with E-state index >= 15 is 0 Å². The van der Waals surface area contributed by atoms with Crippen LogP contribution in [0.1, 0.15) is 36.1 Å². The predicted octanol–water partition coefficient (Wildman–Crippen LogP) is 3.07. The van der Waals surface area contributed by atoms with Crippen LogP contribution in [-0.4, -0.2) is 37.1 Å². The molecular formula is C19H26N2O2. The zero-order valence-electron chi connectivity index (χ0n) is 14.2. The maximum atomic E-state index is 5.49. The number of methoxy groups -OCH3 is 2. The molecule has 4 heteroatoms. The Balaban J connectivity index is 1.47. The first-order chi connectivity index (χ1) is 11.1. The number of benzene rings is 1. The summed E-state index contributed by atoms with van der Waals surface area (Å²) in [5, 5.41) is 5.22. The first-order valence-electron chi connectivity index (χ1n) is 8.59. The summed E-state index contributed by atoms with van der Waals surface area (Å²) in [4.78, 5) is 3.61. The molecule has 0 spiro atoms. The lowest BCUT2D eigenvalue weighted by molar-refractivity contribution is -0.260. The van der Waals surface area contributed by atoms with E-state index < -0.39 is 0 Å². The summed E-state index contributed by atoms with van der Waals surface area (Å²) in [6.45, 7) is 2.17. The van der Waals surface area contributed by atoms with Gasteiger partial charge < -0.3 is 19.8 Å². The number of hydrogen-bond acceptors (Lipinski definition) is 3. The number of H-pyrrole nitrogens is 1. The molecule has 0 amide bonds. The summed E-state index contributed by atoms with van der Waals surface area (Å²) < 4.78 is 11.0. The average Bonchev–Trinajstić information content (AvgIpc) is 2.88. The SMILES string of the molecule is COC1(OC)CC(NC2CCc3[nH]c4ccc(C)cc4c3C2)C1. The van der Waals surface area contributed by atoms with E-state index in [2.05, 4.69) is 35.4 Å². The summed E-state index contributed by atoms with van der Waals surface area (Å²) in [5.74, 6) is -0.352. The number of aryl methyl sites for hydroxylation is 2. The van der Waals surface area contributed by atoms with Gasteiger partial charge in [0.1, 0.15) is 0 Å². The Hall–Kier alpha value is -1.36. The van der Waals surface area contributed by atoms with Gasteiger partial charge in [-0.3, -0.25) is 0 Å². The number of hydrogen-bond donors (Lipinski definition) is 2. The fraction of sp³-hybridized carbons (Fsp3) is 0.579. The van der Waals surface area contributed by atoms with E-state index in [9.17, 15) is 0 Å². The number of nitrogens with one attached hydrogen (secondary N) is 2. The van der Waals surface area contributed by atoms with E-state index in [4.69, 9.17) is 9.47 Å². The highest BCUT2D eigenvalue weighted by Gasteiger charge is 2.45. The summed E-state index contributed by atoms with van der Waals surface area (Å²) in [6, 6.07) is 7.77. The minimum Gasteiger partial charge on any atom is -0.358 e. The molecule has 1 heterocycles. The Labute approximate surface area is 137 Å². The molecule has 0 bridgehead atoms. The highest BCUT2D eigenvalue weighted by Crippen LogP contribution is 2.37. The summed E-state index contributed by atoms with van der Waals surface area (Å²) in [7, 11) is 3.47. The van der Waals surface area contributed by atoms with Crippen molar-refractivity contribution in [1.82, 2.24) is 10.3 Å². The Morgan fingerprint density at radius 2 is 1.96 bits per heavy atom. The van der Waals surface area contributed by atoms with Crippen LogP contribution in [-0.2, 0) is 22.3 Å². The Bertz CT molecular complexity index is 709. The molecule has 1 unspecified atom stereocenters. The molecule has 2 aliphatic rings. The van der Waals surface area contributed by atoms with Gasteiger partial charge in [-0.25, -0.2) is 0 Å². The molecule has 4 nitrogen and oxygen atoms in total. The second-order valence-electron chi connectivity index (χ2n) is 7.16. The molecule has 1 fully saturated rings. The van der Waals surface area contributed by atoms with Crippen LogP contribution in [0, 0.1) is 6.92 Å². The van der Waals surface area contributed by atoms with E-state index in [-0.39, 0.29) is 5.79 Å². The fourth-order valence-corrected chi connectivity index (χ4v) is 4.23. The van der Waals surface area contributed by atoms with E-state index in [1.54, 1.807) is 14.2 Å². The van der Waals surface area contributed by atoms with Crippen molar-refractivity contribution in [3.63, 3.8) is 0 Å². The van der Waals surface area contributed by atoms with Gasteiger partial charge in [0.15, 0.2) is 5.79 Å². The minimum absolute atomic E-state index is 0.352. The number of aromatic nitrogens is 1. The lowest BCUT2D eigenvalue weighted by atomic mass is 9.82. The van der Waals surface area contributed by atoms with Gasteiger partial charge in [0.2, 0.25) is 0 Å². The predicted molar refractivity (Wildman–Crippen MR) is 91.8 cm³/mol. The van der Waals surface area contributed by atoms with Gasteiger partial charge in [0.05, 0.1) is 0 Å². The highest BCUT2D eigenvalue weighted by molar-refractivity contribution is 5.85. The zero-order valence-corrected chi connectivity index (χ0v) is 14.2. The van der Waals surface area contributed by atoms with Crippen molar-refractivity contribution in [3.8, 4) is 0 Å². The van der Waals surface area contributed by atoms with E-state index in [1.165, 1.54) is 34.1 Å². The molecule has 4 rings (SSSR count). The molecule has 0 radical (unpaired) electrons. The molecular weight excluding hydrogens is 288 g/mol. The van der Waals surface area contributed by atoms with Crippen LogP contribution < -0.4 is 5.32 Å². The van der Waals surface area contributed by atoms with Crippen LogP contribution in [0.25, 0.3) is 10.9 Å². The number of fused-ring (bicyclic) bond motifs is 3. The molecule has 1 saturated carbocycles. The summed E-state index contributed by atoms with van der Waals surface area (Å²) >= 11 is 0. The maximum Gasteiger partial charge on any atom is 0.170 e. The molecule has 23 heavy (non-hydrogen) atoms. The van der Waals surface area contributed by atoms with E-state index in [1.807, 2.05) is 0 Å². The van der Waals surface area contributed by atoms with Crippen molar-refractivity contribution in [2.75, 3.05) is 14.2 Å². The topological polar surface area (TPSA) is 46.3 Å². The Morgan fingerprint density at radius 1 is 1.17 bits per heavy atom. The van der Waals surface area contributed by atoms with Crippen molar-refractivity contribution < 1.29 is 9.47 Å². The van der Waals surface area contributed by atoms with Crippen molar-refractivity contribution in [2.24, 2.45) is 0 Å². The smallest absolute Gasteiger partial charge is 0.170 e. The second kappa shape index (κ2) is 5.62. The third-order valence-electron chi connectivity index (χ3n) is 5.67. The number of rotatable bonds is 4. The maximum absolute atomic E-state index is 5.49. The fourth-order valence-electron chi connectivity index (χ4n) is 4.23. The lowest BCUT2D eigenvalue weighted by Gasteiger charge is -2.47. The van der Waals surface area contributed by atoms with Crippen LogP contribution in [0.2, 0.25) is 0 Å². The molecule has 2 N–H and O–H groups in total. The monoisotopic (exact) mass is 314 g/mol. The van der Waals surface area contributed by atoms with Crippen molar-refractivity contribution in [2.45, 2.75) is 56.9 Å². The van der Waals surface area contributed by atoms with Gasteiger partial charge >= 0.3 is 0 Å². The molecule has 2 aliphatic carbocycles. The summed E-state index contributed by atoms with van der Waals surface area (Å²) in [6.07, 6.45) is 5.32. The third-order valence-corrected chi connectivity index (χ3v) is 5.67. The van der Waals surface area contributed by atoms with Gasteiger partial charge in [0, 0.05) is 55.7 Å². The molecule has 0 saturated heterocycles. The number of aromatic amines is 1. The van der Waals surface area contributed by atoms with Crippen LogP contribution in [0.4, 0.5) is 0 Å².